The van der Waals surface area contributed by atoms with Crippen LogP contribution in [0.25, 0.3) is 0 Å². The number of nitrogens with one attached hydrogen (secondary N) is 2. The Balaban J connectivity index is 0.00000242. The highest BCUT2D eigenvalue weighted by atomic mass is 35.5. The Bertz CT molecular complexity index is 499. The minimum atomic E-state index is -4.61. The number of aromatic amines is 1. The molecule has 0 radical (unpaired) electrons. The van der Waals surface area contributed by atoms with Crippen LogP contribution in [0.1, 0.15) is 44.3 Å². The Morgan fingerprint density at radius 2 is 1.95 bits per heavy atom. The average molecular weight is 342 g/mol. The first-order valence-electron chi connectivity index (χ1n) is 6.84. The van der Waals surface area contributed by atoms with Gasteiger partial charge < -0.3 is 5.73 Å². The molecule has 6 nitrogen and oxygen atoms in total. The lowest BCUT2D eigenvalue weighted by Gasteiger charge is -2.35. The van der Waals surface area contributed by atoms with Crippen molar-refractivity contribution in [2.24, 2.45) is 11.1 Å². The largest absolute Gasteiger partial charge is 0.451 e. The first kappa shape index (κ1) is 18.7. The molecule has 4 N–H and O–H groups in total. The van der Waals surface area contributed by atoms with E-state index in [4.69, 9.17) is 5.73 Å². The fourth-order valence-corrected chi connectivity index (χ4v) is 2.71. The molecule has 0 spiro atoms. The summed E-state index contributed by atoms with van der Waals surface area (Å²) in [6.45, 7) is 0.391. The molecule has 1 heterocycles. The van der Waals surface area contributed by atoms with E-state index in [9.17, 15) is 18.0 Å². The maximum Gasteiger partial charge on any atom is 0.451 e. The molecule has 1 aromatic rings. The van der Waals surface area contributed by atoms with E-state index < -0.39 is 17.9 Å². The zero-order chi connectivity index (χ0) is 15.5. The van der Waals surface area contributed by atoms with Crippen LogP contribution in [0, 0.1) is 5.41 Å². The number of nitrogens with zero attached hydrogens (tertiary/aromatic N) is 2. The normalized spacial score (nSPS) is 17.6. The van der Waals surface area contributed by atoms with Crippen molar-refractivity contribution in [1.29, 1.82) is 0 Å². The van der Waals surface area contributed by atoms with E-state index in [0.29, 0.717) is 6.54 Å². The molecular formula is C12H19ClF3N5O. The summed E-state index contributed by atoms with van der Waals surface area (Å²) < 4.78 is 37.1. The molecule has 2 rings (SSSR count). The van der Waals surface area contributed by atoms with Gasteiger partial charge in [0.1, 0.15) is 0 Å². The molecule has 1 saturated carbocycles. The number of H-pyrrole nitrogens is 1. The van der Waals surface area contributed by atoms with Crippen LogP contribution in [0.5, 0.6) is 0 Å². The Morgan fingerprint density at radius 3 is 2.45 bits per heavy atom. The zero-order valence-corrected chi connectivity index (χ0v) is 12.7. The van der Waals surface area contributed by atoms with Crippen LogP contribution in [0.4, 0.5) is 19.1 Å². The topological polar surface area (TPSA) is 96.7 Å². The van der Waals surface area contributed by atoms with Crippen LogP contribution in [-0.4, -0.2) is 27.6 Å². The Kier molecular flexibility index (Phi) is 6.18. The minimum absolute atomic E-state index is 0. The first-order chi connectivity index (χ1) is 9.85. The van der Waals surface area contributed by atoms with Crippen molar-refractivity contribution in [2.45, 2.75) is 44.7 Å². The summed E-state index contributed by atoms with van der Waals surface area (Å²) in [4.78, 5) is 15.2. The maximum absolute atomic E-state index is 12.4. The monoisotopic (exact) mass is 341 g/mol. The molecule has 1 aliphatic carbocycles. The number of anilines is 1. The SMILES string of the molecule is Cl.NCC1(CC(=O)Nc2n[nH]c(C(F)(F)F)n2)CCCCC1. The van der Waals surface area contributed by atoms with Crippen molar-refractivity contribution in [1.82, 2.24) is 15.2 Å². The molecule has 0 unspecified atom stereocenters. The molecule has 22 heavy (non-hydrogen) atoms. The average Bonchev–Trinajstić information content (AvgIpc) is 2.88. The number of aromatic nitrogens is 3. The van der Waals surface area contributed by atoms with Gasteiger partial charge in [0.05, 0.1) is 0 Å². The highest BCUT2D eigenvalue weighted by Gasteiger charge is 2.36. The Morgan fingerprint density at radius 1 is 1.32 bits per heavy atom. The summed E-state index contributed by atoms with van der Waals surface area (Å²) in [5, 5.41) is 7.39. The van der Waals surface area contributed by atoms with Crippen LogP contribution < -0.4 is 11.1 Å². The number of carbonyl (C=O) groups is 1. The molecule has 1 aliphatic rings. The molecule has 0 atom stereocenters. The number of hydrogen-bond acceptors (Lipinski definition) is 4. The van der Waals surface area contributed by atoms with Crippen LogP contribution in [0.2, 0.25) is 0 Å². The molecular weight excluding hydrogens is 323 g/mol. The van der Waals surface area contributed by atoms with Gasteiger partial charge in [-0.05, 0) is 24.8 Å². The van der Waals surface area contributed by atoms with E-state index in [1.165, 1.54) is 0 Å². The highest BCUT2D eigenvalue weighted by molar-refractivity contribution is 5.89. The van der Waals surface area contributed by atoms with Crippen LogP contribution >= 0.6 is 12.4 Å². The lowest BCUT2D eigenvalue weighted by molar-refractivity contribution is -0.144. The van der Waals surface area contributed by atoms with E-state index >= 15 is 0 Å². The van der Waals surface area contributed by atoms with Gasteiger partial charge in [0.25, 0.3) is 0 Å². The maximum atomic E-state index is 12.4. The predicted octanol–water partition coefficient (Wildman–Crippen LogP) is 2.48. The predicted molar refractivity (Wildman–Crippen MR) is 76.5 cm³/mol. The van der Waals surface area contributed by atoms with Gasteiger partial charge in [-0.25, -0.2) is 0 Å². The van der Waals surface area contributed by atoms with E-state index in [1.807, 2.05) is 0 Å². The molecule has 0 saturated heterocycles. The van der Waals surface area contributed by atoms with Gasteiger partial charge in [0.15, 0.2) is 0 Å². The number of amides is 1. The fraction of sp³-hybridized carbons (Fsp3) is 0.750. The summed E-state index contributed by atoms with van der Waals surface area (Å²) in [5.74, 6) is -2.01. The van der Waals surface area contributed by atoms with Crippen molar-refractivity contribution in [2.75, 3.05) is 11.9 Å². The van der Waals surface area contributed by atoms with Gasteiger partial charge in [-0.2, -0.15) is 18.2 Å². The van der Waals surface area contributed by atoms with E-state index in [-0.39, 0.29) is 30.2 Å². The van der Waals surface area contributed by atoms with Crippen molar-refractivity contribution < 1.29 is 18.0 Å². The van der Waals surface area contributed by atoms with Crippen molar-refractivity contribution in [3.05, 3.63) is 5.82 Å². The van der Waals surface area contributed by atoms with Crippen molar-refractivity contribution >= 4 is 24.3 Å². The Labute approximate surface area is 131 Å². The number of rotatable bonds is 4. The van der Waals surface area contributed by atoms with Gasteiger partial charge in [0, 0.05) is 6.42 Å². The fourth-order valence-electron chi connectivity index (χ4n) is 2.71. The molecule has 126 valence electrons. The third-order valence-corrected chi connectivity index (χ3v) is 3.89. The van der Waals surface area contributed by atoms with E-state index in [1.54, 1.807) is 5.10 Å². The number of carbonyl (C=O) groups excluding carboxylic acids is 1. The number of nitrogens with two attached hydrogens (primary N) is 1. The minimum Gasteiger partial charge on any atom is -0.330 e. The summed E-state index contributed by atoms with van der Waals surface area (Å²) in [5.41, 5.74) is 5.52. The second kappa shape index (κ2) is 7.28. The van der Waals surface area contributed by atoms with Gasteiger partial charge >= 0.3 is 6.18 Å². The molecule has 10 heteroatoms. The summed E-state index contributed by atoms with van der Waals surface area (Å²) in [6, 6.07) is 0. The molecule has 0 aromatic carbocycles. The molecule has 0 aliphatic heterocycles. The molecule has 1 amide bonds. The second-order valence-corrected chi connectivity index (χ2v) is 5.50. The molecule has 1 aromatic heterocycles. The first-order valence-corrected chi connectivity index (χ1v) is 6.84. The number of hydrogen-bond donors (Lipinski definition) is 3. The van der Waals surface area contributed by atoms with Crippen LogP contribution in [0.15, 0.2) is 0 Å². The summed E-state index contributed by atoms with van der Waals surface area (Å²) in [6.07, 6.45) is 0.445. The van der Waals surface area contributed by atoms with Crippen LogP contribution in [-0.2, 0) is 11.0 Å². The number of alkyl halides is 3. The lowest BCUT2D eigenvalue weighted by Crippen LogP contribution is -2.36. The van der Waals surface area contributed by atoms with Gasteiger partial charge in [-0.3, -0.25) is 15.2 Å². The van der Waals surface area contributed by atoms with Gasteiger partial charge in [-0.15, -0.1) is 17.5 Å². The quantitative estimate of drug-likeness (QED) is 0.783. The third kappa shape index (κ3) is 4.57. The van der Waals surface area contributed by atoms with Gasteiger partial charge in [0.2, 0.25) is 17.7 Å². The van der Waals surface area contributed by atoms with E-state index in [2.05, 4.69) is 15.4 Å². The van der Waals surface area contributed by atoms with E-state index in [0.717, 1.165) is 32.1 Å². The smallest absolute Gasteiger partial charge is 0.330 e. The van der Waals surface area contributed by atoms with Crippen molar-refractivity contribution in [3.8, 4) is 0 Å². The van der Waals surface area contributed by atoms with Gasteiger partial charge in [-0.1, -0.05) is 19.3 Å². The molecule has 0 bridgehead atoms. The summed E-state index contributed by atoms with van der Waals surface area (Å²) in [7, 11) is 0. The zero-order valence-electron chi connectivity index (χ0n) is 11.9. The Hall–Kier alpha value is -1.35. The van der Waals surface area contributed by atoms with Crippen molar-refractivity contribution in [3.63, 3.8) is 0 Å². The van der Waals surface area contributed by atoms with Crippen LogP contribution in [0.3, 0.4) is 0 Å². The summed E-state index contributed by atoms with van der Waals surface area (Å²) >= 11 is 0. The standard InChI is InChI=1S/C12H18F3N5O.ClH/c13-12(14,15)9-18-10(20-19-9)17-8(21)6-11(7-16)4-2-1-3-5-11;/h1-7,16H2,(H2,17,18,19,20,21);1H. The second-order valence-electron chi connectivity index (χ2n) is 5.50. The highest BCUT2D eigenvalue weighted by Crippen LogP contribution is 2.38. The number of halogens is 4. The lowest BCUT2D eigenvalue weighted by atomic mass is 9.72. The molecule has 1 fully saturated rings. The third-order valence-electron chi connectivity index (χ3n) is 3.89.